The molecule has 0 amide bonds. The van der Waals surface area contributed by atoms with Gasteiger partial charge in [-0.1, -0.05) is 133 Å². The molecule has 8 bridgehead atoms. The quantitative estimate of drug-likeness (QED) is 0.148. The van der Waals surface area contributed by atoms with Gasteiger partial charge in [-0.3, -0.25) is 0 Å². The lowest BCUT2D eigenvalue weighted by Gasteiger charge is -2.40. The predicted molar refractivity (Wildman–Crippen MR) is 237 cm³/mol. The van der Waals surface area contributed by atoms with Crippen molar-refractivity contribution >= 4 is 0 Å². The van der Waals surface area contributed by atoms with Crippen LogP contribution in [-0.4, -0.2) is 0 Å². The molecule has 0 spiro atoms. The Morgan fingerprint density at radius 1 is 0.190 bits per heavy atom. The lowest BCUT2D eigenvalue weighted by atomic mass is 9.63. The summed E-state index contributed by atoms with van der Waals surface area (Å²) in [5, 5.41) is 0. The molecule has 8 aliphatic rings. The van der Waals surface area contributed by atoms with Crippen molar-refractivity contribution in [1.82, 2.24) is 0 Å². The molecule has 8 aliphatic carbocycles. The maximum Gasteiger partial charge on any atom is 0.0259 e. The lowest BCUT2D eigenvalue weighted by molar-refractivity contribution is 0.378. The molecule has 0 aliphatic heterocycles. The highest BCUT2D eigenvalue weighted by Gasteiger charge is 2.60. The van der Waals surface area contributed by atoms with Gasteiger partial charge in [0, 0.05) is 21.7 Å². The topological polar surface area (TPSA) is 0 Å². The SMILES string of the molecule is c1ccc(C2(c3ccc(C4(c5ccc(C6(c7ccc(C8(c9ccccc9)C9CCC8CC9)cc7)C7CCC6CC7)cc5)C5CCC4CC5)cc3)C3CCC2CC3)cc1. The first kappa shape index (κ1) is 34.9. The Morgan fingerprint density at radius 2 is 0.328 bits per heavy atom. The minimum Gasteiger partial charge on any atom is -0.0622 e. The van der Waals surface area contributed by atoms with Crippen LogP contribution in [0.4, 0.5) is 0 Å². The summed E-state index contributed by atoms with van der Waals surface area (Å²) >= 11 is 0. The Hall–Kier alpha value is -3.90. The average Bonchev–Trinajstić information content (AvgIpc) is 4.21. The molecule has 0 nitrogen and oxygen atoms in total. The van der Waals surface area contributed by atoms with Crippen molar-refractivity contribution in [3.05, 3.63) is 178 Å². The summed E-state index contributed by atoms with van der Waals surface area (Å²) in [5.74, 6) is 6.16. The van der Waals surface area contributed by atoms with Crippen LogP contribution in [0.5, 0.6) is 0 Å². The first-order valence-electron chi connectivity index (χ1n) is 24.1. The Bertz CT molecular complexity index is 2050. The van der Waals surface area contributed by atoms with Gasteiger partial charge in [-0.2, -0.15) is 0 Å². The summed E-state index contributed by atoms with van der Waals surface area (Å²) in [6, 6.07) is 55.1. The molecule has 0 saturated heterocycles. The fourth-order valence-electron chi connectivity index (χ4n) is 18.3. The monoisotopic (exact) mass is 758 g/mol. The van der Waals surface area contributed by atoms with Gasteiger partial charge in [0.25, 0.3) is 0 Å². The molecule has 0 heteroatoms. The zero-order valence-electron chi connectivity index (χ0n) is 34.6. The fraction of sp³-hybridized carbons (Fsp3) is 0.483. The van der Waals surface area contributed by atoms with Crippen LogP contribution in [0.15, 0.2) is 133 Å². The summed E-state index contributed by atoms with van der Waals surface area (Å²) in [5.41, 5.74) is 13.5. The highest BCUT2D eigenvalue weighted by atomic mass is 14.6. The van der Waals surface area contributed by atoms with E-state index in [0.717, 1.165) is 47.3 Å². The van der Waals surface area contributed by atoms with Gasteiger partial charge in [0.15, 0.2) is 0 Å². The van der Waals surface area contributed by atoms with Gasteiger partial charge in [0.2, 0.25) is 0 Å². The molecular weight excluding hydrogens is 697 g/mol. The third-order valence-electron chi connectivity index (χ3n) is 20.1. The molecule has 0 heterocycles. The molecule has 8 fully saturated rings. The van der Waals surface area contributed by atoms with E-state index in [-0.39, 0.29) is 21.7 Å². The van der Waals surface area contributed by atoms with Crippen molar-refractivity contribution < 1.29 is 0 Å². The van der Waals surface area contributed by atoms with Crippen LogP contribution in [0.2, 0.25) is 0 Å². The average molecular weight is 759 g/mol. The van der Waals surface area contributed by atoms with Crippen LogP contribution in [-0.2, 0) is 21.7 Å². The third kappa shape index (κ3) is 4.29. The molecule has 0 N–H and O–H groups in total. The van der Waals surface area contributed by atoms with Crippen molar-refractivity contribution in [3.63, 3.8) is 0 Å². The molecular formula is C58H62. The maximum absolute atomic E-state index is 2.66. The second-order valence-corrected chi connectivity index (χ2v) is 21.1. The van der Waals surface area contributed by atoms with Crippen LogP contribution in [0, 0.1) is 47.3 Å². The second-order valence-electron chi connectivity index (χ2n) is 21.1. The summed E-state index contributed by atoms with van der Waals surface area (Å²) in [7, 11) is 0. The van der Waals surface area contributed by atoms with Crippen molar-refractivity contribution in [2.24, 2.45) is 47.3 Å². The van der Waals surface area contributed by atoms with Crippen LogP contribution in [0.25, 0.3) is 0 Å². The van der Waals surface area contributed by atoms with Crippen LogP contribution < -0.4 is 0 Å². The Morgan fingerprint density at radius 3 is 0.483 bits per heavy atom. The Kier molecular flexibility index (Phi) is 7.71. The van der Waals surface area contributed by atoms with E-state index < -0.39 is 0 Å². The number of benzene rings is 5. The number of fused-ring (bicyclic) bond motifs is 8. The zero-order chi connectivity index (χ0) is 38.1. The number of hydrogen-bond acceptors (Lipinski definition) is 0. The molecule has 0 unspecified atom stereocenters. The minimum absolute atomic E-state index is 0.154. The van der Waals surface area contributed by atoms with Gasteiger partial charge in [0.05, 0.1) is 0 Å². The Labute approximate surface area is 348 Å². The highest BCUT2D eigenvalue weighted by Crippen LogP contribution is 2.67. The summed E-state index contributed by atoms with van der Waals surface area (Å²) < 4.78 is 0. The molecule has 5 aromatic carbocycles. The van der Waals surface area contributed by atoms with E-state index in [9.17, 15) is 0 Å². The van der Waals surface area contributed by atoms with Crippen LogP contribution >= 0.6 is 0 Å². The molecule has 0 atom stereocenters. The van der Waals surface area contributed by atoms with Crippen molar-refractivity contribution in [3.8, 4) is 0 Å². The lowest BCUT2D eigenvalue weighted by Crippen LogP contribution is -2.36. The van der Waals surface area contributed by atoms with E-state index in [4.69, 9.17) is 0 Å². The smallest absolute Gasteiger partial charge is 0.0259 e. The molecule has 58 heavy (non-hydrogen) atoms. The second kappa shape index (κ2) is 12.8. The van der Waals surface area contributed by atoms with Crippen molar-refractivity contribution in [1.29, 1.82) is 0 Å². The molecule has 13 rings (SSSR count). The van der Waals surface area contributed by atoms with Gasteiger partial charge in [-0.25, -0.2) is 0 Å². The van der Waals surface area contributed by atoms with E-state index in [2.05, 4.69) is 133 Å². The largest absolute Gasteiger partial charge is 0.0622 e. The normalized spacial score (nSPS) is 40.3. The van der Waals surface area contributed by atoms with Gasteiger partial charge in [-0.05, 0) is 195 Å². The standard InChI is InChI=1S/C58H62/c1-3-7-39(8-4-1)55(41-11-12-42(55)14-13-41)45-19-23-47(24-20-45)57(49-27-28-50(57)30-29-49)53-35-37-54(38-36-53)58(51-31-32-52(58)34-33-51)48-25-21-46(22-26-48)56(40-9-5-2-6-10-40)43-15-16-44(56)18-17-43/h1-10,19-26,35-38,41-44,49-52H,11-18,27-34H2. The first-order chi connectivity index (χ1) is 28.7. The van der Waals surface area contributed by atoms with Gasteiger partial charge in [0.1, 0.15) is 0 Å². The number of hydrogen-bond donors (Lipinski definition) is 0. The highest BCUT2D eigenvalue weighted by molar-refractivity contribution is 5.54. The van der Waals surface area contributed by atoms with Crippen LogP contribution in [0.3, 0.4) is 0 Å². The maximum atomic E-state index is 2.66. The molecule has 5 aromatic rings. The van der Waals surface area contributed by atoms with Gasteiger partial charge >= 0.3 is 0 Å². The molecule has 0 radical (unpaired) electrons. The van der Waals surface area contributed by atoms with E-state index >= 15 is 0 Å². The molecule has 8 saturated carbocycles. The molecule has 294 valence electrons. The summed E-state index contributed by atoms with van der Waals surface area (Å²) in [4.78, 5) is 0. The van der Waals surface area contributed by atoms with E-state index in [1.54, 1.807) is 44.5 Å². The van der Waals surface area contributed by atoms with Gasteiger partial charge in [-0.15, -0.1) is 0 Å². The van der Waals surface area contributed by atoms with Crippen molar-refractivity contribution in [2.75, 3.05) is 0 Å². The van der Waals surface area contributed by atoms with Gasteiger partial charge < -0.3 is 0 Å². The van der Waals surface area contributed by atoms with Crippen LogP contribution in [0.1, 0.15) is 147 Å². The predicted octanol–water partition coefficient (Wildman–Crippen LogP) is 14.1. The third-order valence-corrected chi connectivity index (χ3v) is 20.1. The van der Waals surface area contributed by atoms with E-state index in [0.29, 0.717) is 0 Å². The Balaban J connectivity index is 0.880. The number of rotatable bonds is 8. The minimum atomic E-state index is 0.154. The van der Waals surface area contributed by atoms with E-state index in [1.807, 2.05) is 0 Å². The summed E-state index contributed by atoms with van der Waals surface area (Å²) in [6.45, 7) is 0. The fourth-order valence-corrected chi connectivity index (χ4v) is 18.3. The summed E-state index contributed by atoms with van der Waals surface area (Å²) in [6.07, 6.45) is 22.2. The first-order valence-corrected chi connectivity index (χ1v) is 24.1. The van der Waals surface area contributed by atoms with Crippen molar-refractivity contribution in [2.45, 2.75) is 124 Å². The zero-order valence-corrected chi connectivity index (χ0v) is 34.6. The van der Waals surface area contributed by atoms with E-state index in [1.165, 1.54) is 103 Å². The molecule has 0 aromatic heterocycles.